The maximum absolute atomic E-state index is 15.4. The molecule has 2 unspecified atom stereocenters. The van der Waals surface area contributed by atoms with Crippen molar-refractivity contribution >= 4 is 10.8 Å². The van der Waals surface area contributed by atoms with Gasteiger partial charge in [0.05, 0.1) is 16.4 Å². The number of rotatable bonds is 7. The van der Waals surface area contributed by atoms with Gasteiger partial charge in [-0.1, -0.05) is 58.4 Å². The number of hydrogen-bond donors (Lipinski definition) is 0. The number of fused-ring (bicyclic) bond motifs is 5. The maximum Gasteiger partial charge on any atom is 0.221 e. The van der Waals surface area contributed by atoms with Crippen LogP contribution in [0.3, 0.4) is 0 Å². The van der Waals surface area contributed by atoms with E-state index in [1.54, 1.807) is 0 Å². The van der Waals surface area contributed by atoms with E-state index in [9.17, 15) is 0 Å². The van der Waals surface area contributed by atoms with Crippen LogP contribution in [0.2, 0.25) is 0 Å². The number of aryl methyl sites for hydroxylation is 1. The normalized spacial score (nSPS) is 22.2. The number of aromatic nitrogens is 1. The number of nitrogens with zero attached hydrogens (tertiary/aromatic N) is 1. The van der Waals surface area contributed by atoms with Gasteiger partial charge in [0.15, 0.2) is 11.7 Å². The smallest absolute Gasteiger partial charge is 0.207 e. The molecule has 2 heterocycles. The lowest BCUT2D eigenvalue weighted by atomic mass is 9.59. The van der Waals surface area contributed by atoms with Crippen LogP contribution in [0.25, 0.3) is 22.0 Å². The van der Waals surface area contributed by atoms with Gasteiger partial charge in [-0.05, 0) is 67.0 Å². The molecule has 1 aromatic heterocycles. The molecule has 4 rings (SSSR count). The van der Waals surface area contributed by atoms with Crippen LogP contribution in [0.4, 0.5) is 4.39 Å². The van der Waals surface area contributed by atoms with Crippen molar-refractivity contribution in [1.29, 1.82) is 0 Å². The van der Waals surface area contributed by atoms with Crippen LogP contribution >= 0.6 is 0 Å². The summed E-state index contributed by atoms with van der Waals surface area (Å²) in [4.78, 5) is 0. The minimum absolute atomic E-state index is 0.0581. The Morgan fingerprint density at radius 3 is 2.48 bits per heavy atom. The Hall–Kier alpha value is -2.48. The molecule has 0 saturated carbocycles. The summed E-state index contributed by atoms with van der Waals surface area (Å²) in [6, 6.07) is 14.7. The zero-order valence-corrected chi connectivity index (χ0v) is 19.5. The summed E-state index contributed by atoms with van der Waals surface area (Å²) < 4.78 is 17.8. The van der Waals surface area contributed by atoms with Crippen LogP contribution in [-0.4, -0.2) is 0 Å². The maximum atomic E-state index is 15.4. The molecule has 0 spiro atoms. The lowest BCUT2D eigenvalue weighted by molar-refractivity contribution is -0.755. The SMILES string of the molecule is C=CC1(CC)[n+]2ccc3ccccc3c2-c2cc(CCCCC)c(F)cc2C1(C)CC. The molecule has 0 N–H and O–H groups in total. The van der Waals surface area contributed by atoms with Crippen molar-refractivity contribution in [2.75, 3.05) is 0 Å². The third-order valence-electron chi connectivity index (χ3n) is 7.91. The fraction of sp³-hybridized carbons (Fsp3) is 0.414. The van der Waals surface area contributed by atoms with Crippen LogP contribution in [0.5, 0.6) is 0 Å². The first kappa shape index (κ1) is 21.7. The highest BCUT2D eigenvalue weighted by molar-refractivity contribution is 5.94. The highest BCUT2D eigenvalue weighted by atomic mass is 19.1. The summed E-state index contributed by atoms with van der Waals surface area (Å²) in [5, 5.41) is 2.43. The molecule has 0 amide bonds. The van der Waals surface area contributed by atoms with Crippen LogP contribution in [0.1, 0.15) is 70.9 Å². The summed E-state index contributed by atoms with van der Waals surface area (Å²) in [6.45, 7) is 13.2. The Morgan fingerprint density at radius 2 is 1.81 bits per heavy atom. The quantitative estimate of drug-likeness (QED) is 0.212. The predicted octanol–water partition coefficient (Wildman–Crippen LogP) is 7.64. The van der Waals surface area contributed by atoms with Crippen LogP contribution in [0.15, 0.2) is 61.3 Å². The molecule has 0 saturated heterocycles. The molecule has 1 aliphatic heterocycles. The Balaban J connectivity index is 2.10. The minimum Gasteiger partial charge on any atom is -0.207 e. The van der Waals surface area contributed by atoms with Crippen LogP contribution in [-0.2, 0) is 17.4 Å². The molecule has 1 aliphatic rings. The van der Waals surface area contributed by atoms with E-state index >= 15 is 4.39 Å². The molecule has 2 aromatic carbocycles. The molecular weight excluding hydrogens is 381 g/mol. The molecule has 2 atom stereocenters. The van der Waals surface area contributed by atoms with E-state index in [1.807, 2.05) is 6.07 Å². The number of halogens is 1. The monoisotopic (exact) mass is 416 g/mol. The van der Waals surface area contributed by atoms with Crippen molar-refractivity contribution in [3.05, 3.63) is 78.3 Å². The molecule has 2 heteroatoms. The molecule has 0 aliphatic carbocycles. The van der Waals surface area contributed by atoms with E-state index in [2.05, 4.69) is 87.5 Å². The van der Waals surface area contributed by atoms with Gasteiger partial charge in [-0.2, -0.15) is 4.57 Å². The number of benzene rings is 2. The zero-order valence-electron chi connectivity index (χ0n) is 19.5. The Bertz CT molecular complexity index is 1130. The van der Waals surface area contributed by atoms with E-state index in [0.29, 0.717) is 0 Å². The van der Waals surface area contributed by atoms with Gasteiger partial charge in [0.25, 0.3) is 0 Å². The molecule has 1 nitrogen and oxygen atoms in total. The Kier molecular flexibility index (Phi) is 5.77. The van der Waals surface area contributed by atoms with Gasteiger partial charge in [0.1, 0.15) is 5.82 Å². The fourth-order valence-electron chi connectivity index (χ4n) is 5.88. The summed E-state index contributed by atoms with van der Waals surface area (Å²) >= 11 is 0. The van der Waals surface area contributed by atoms with Crippen molar-refractivity contribution in [3.63, 3.8) is 0 Å². The van der Waals surface area contributed by atoms with E-state index in [-0.39, 0.29) is 16.8 Å². The second-order valence-corrected chi connectivity index (χ2v) is 9.24. The highest BCUT2D eigenvalue weighted by Crippen LogP contribution is 2.51. The lowest BCUT2D eigenvalue weighted by Gasteiger charge is -2.46. The molecule has 162 valence electrons. The predicted molar refractivity (Wildman–Crippen MR) is 129 cm³/mol. The average Bonchev–Trinajstić information content (AvgIpc) is 2.80. The number of allylic oxidation sites excluding steroid dienone is 1. The number of pyridine rings is 1. The fourth-order valence-corrected chi connectivity index (χ4v) is 5.88. The number of hydrogen-bond acceptors (Lipinski definition) is 0. The Labute approximate surface area is 186 Å². The zero-order chi connectivity index (χ0) is 22.2. The minimum atomic E-state index is -0.315. The molecule has 0 radical (unpaired) electrons. The Morgan fingerprint density at radius 1 is 1.03 bits per heavy atom. The molecule has 31 heavy (non-hydrogen) atoms. The molecular formula is C29H35FN+. The van der Waals surface area contributed by atoms with Gasteiger partial charge >= 0.3 is 0 Å². The standard InChI is InChI=1S/C29H35FN/c1-6-10-11-15-22-19-24-25(20-26(22)30)28(5,7-2)29(8-3,9-4)31-18-17-21-14-12-13-16-23(21)27(24)31/h8,12-14,16-20H,3,6-7,9-11,15H2,1-2,4-5H3/q+1. The largest absolute Gasteiger partial charge is 0.221 e. The van der Waals surface area contributed by atoms with E-state index < -0.39 is 0 Å². The van der Waals surface area contributed by atoms with E-state index in [4.69, 9.17) is 0 Å². The first-order valence-electron chi connectivity index (χ1n) is 11.9. The third kappa shape index (κ3) is 3.06. The van der Waals surface area contributed by atoms with Crippen molar-refractivity contribution in [2.45, 2.75) is 77.2 Å². The first-order chi connectivity index (χ1) is 15.0. The van der Waals surface area contributed by atoms with Gasteiger partial charge in [-0.15, -0.1) is 0 Å². The third-order valence-corrected chi connectivity index (χ3v) is 7.91. The van der Waals surface area contributed by atoms with Gasteiger partial charge in [-0.25, -0.2) is 4.39 Å². The van der Waals surface area contributed by atoms with Crippen LogP contribution in [0, 0.1) is 5.82 Å². The van der Waals surface area contributed by atoms with Gasteiger partial charge < -0.3 is 0 Å². The van der Waals surface area contributed by atoms with Crippen molar-refractivity contribution in [2.24, 2.45) is 0 Å². The van der Waals surface area contributed by atoms with Crippen molar-refractivity contribution in [1.82, 2.24) is 0 Å². The summed E-state index contributed by atoms with van der Waals surface area (Å²) in [5.41, 5.74) is 3.77. The first-order valence-corrected chi connectivity index (χ1v) is 11.9. The lowest BCUT2D eigenvalue weighted by Crippen LogP contribution is -2.68. The van der Waals surface area contributed by atoms with Gasteiger partial charge in [-0.3, -0.25) is 0 Å². The molecule has 0 bridgehead atoms. The molecule has 0 fully saturated rings. The van der Waals surface area contributed by atoms with E-state index in [1.165, 1.54) is 22.0 Å². The van der Waals surface area contributed by atoms with Crippen molar-refractivity contribution < 1.29 is 8.96 Å². The molecule has 3 aromatic rings. The van der Waals surface area contributed by atoms with Crippen LogP contribution < -0.4 is 4.57 Å². The second kappa shape index (κ2) is 8.22. The van der Waals surface area contributed by atoms with Gasteiger partial charge in [0, 0.05) is 12.5 Å². The summed E-state index contributed by atoms with van der Waals surface area (Å²) in [7, 11) is 0. The second-order valence-electron chi connectivity index (χ2n) is 9.24. The van der Waals surface area contributed by atoms with E-state index in [0.717, 1.165) is 49.7 Å². The average molecular weight is 417 g/mol. The van der Waals surface area contributed by atoms with Crippen molar-refractivity contribution in [3.8, 4) is 11.3 Å². The topological polar surface area (TPSA) is 3.88 Å². The van der Waals surface area contributed by atoms with Gasteiger partial charge in [0.2, 0.25) is 5.69 Å². The number of unbranched alkanes of at least 4 members (excludes halogenated alkanes) is 2. The summed E-state index contributed by atoms with van der Waals surface area (Å²) in [5.74, 6) is -0.0581. The summed E-state index contributed by atoms with van der Waals surface area (Å²) in [6.07, 6.45) is 10.2. The highest BCUT2D eigenvalue weighted by Gasteiger charge is 2.58.